The number of nitrogens with one attached hydrogen (secondary N) is 3. The van der Waals surface area contributed by atoms with Crippen LogP contribution in [0.2, 0.25) is 0 Å². The van der Waals surface area contributed by atoms with Crippen molar-refractivity contribution in [2.45, 2.75) is 52.1 Å². The molecule has 0 aliphatic carbocycles. The van der Waals surface area contributed by atoms with Gasteiger partial charge >= 0.3 is 0 Å². The van der Waals surface area contributed by atoms with Crippen molar-refractivity contribution in [3.8, 4) is 0 Å². The molecular weight excluding hydrogens is 376 g/mol. The lowest BCUT2D eigenvalue weighted by atomic mass is 10.0. The van der Waals surface area contributed by atoms with Crippen LogP contribution in [0.25, 0.3) is 0 Å². The molecule has 168 valence electrons. The summed E-state index contributed by atoms with van der Waals surface area (Å²) in [4.78, 5) is 21.1. The molecule has 3 N–H and O–H groups in total. The molecule has 1 aliphatic rings. The Bertz CT molecular complexity index is 675. The van der Waals surface area contributed by atoms with Crippen LogP contribution >= 0.6 is 0 Å². The molecule has 0 aromatic heterocycles. The number of piperidine rings is 1. The van der Waals surface area contributed by atoms with Gasteiger partial charge in [-0.2, -0.15) is 0 Å². The summed E-state index contributed by atoms with van der Waals surface area (Å²) in [5, 5.41) is 9.71. The SMILES string of the molecule is CCNC(=NCc1cccc(NC(=O)CN(C)C)c1)NCCCN1CCCCC1C. The Morgan fingerprint density at radius 2 is 2.10 bits per heavy atom. The Morgan fingerprint density at radius 1 is 1.27 bits per heavy atom. The zero-order valence-corrected chi connectivity index (χ0v) is 19.2. The number of carbonyl (C=O) groups excluding carboxylic acids is 1. The maximum absolute atomic E-state index is 12.0. The maximum Gasteiger partial charge on any atom is 0.238 e. The van der Waals surface area contributed by atoms with Crippen molar-refractivity contribution >= 4 is 17.6 Å². The first-order valence-electron chi connectivity index (χ1n) is 11.3. The highest BCUT2D eigenvalue weighted by Gasteiger charge is 2.17. The van der Waals surface area contributed by atoms with Crippen LogP contribution in [-0.4, -0.2) is 74.5 Å². The second kappa shape index (κ2) is 13.2. The second-order valence-electron chi connectivity index (χ2n) is 8.34. The van der Waals surface area contributed by atoms with Crippen molar-refractivity contribution in [2.75, 3.05) is 52.1 Å². The van der Waals surface area contributed by atoms with Crippen LogP contribution < -0.4 is 16.0 Å². The molecule has 1 saturated heterocycles. The third-order valence-electron chi connectivity index (χ3n) is 5.29. The Hall–Kier alpha value is -2.12. The summed E-state index contributed by atoms with van der Waals surface area (Å²) in [6.07, 6.45) is 5.14. The third-order valence-corrected chi connectivity index (χ3v) is 5.29. The van der Waals surface area contributed by atoms with Crippen LogP contribution in [0.15, 0.2) is 29.3 Å². The molecule has 7 nitrogen and oxygen atoms in total. The Balaban J connectivity index is 1.81. The average Bonchev–Trinajstić information content (AvgIpc) is 2.70. The lowest BCUT2D eigenvalue weighted by Gasteiger charge is -2.33. The van der Waals surface area contributed by atoms with Gasteiger partial charge in [0.05, 0.1) is 13.1 Å². The molecular formula is C23H40N6O. The van der Waals surface area contributed by atoms with Gasteiger partial charge in [0.1, 0.15) is 0 Å². The standard InChI is InChI=1S/C23H40N6O/c1-5-24-23(25-13-9-15-29-14-7-6-10-19(29)2)26-17-20-11-8-12-21(16-20)27-22(30)18-28(3)4/h8,11-12,16,19H,5-7,9-10,13-15,17-18H2,1-4H3,(H,27,30)(H2,24,25,26). The van der Waals surface area contributed by atoms with Gasteiger partial charge in [0, 0.05) is 31.4 Å². The Labute approximate surface area is 182 Å². The maximum atomic E-state index is 12.0. The van der Waals surface area contributed by atoms with Crippen molar-refractivity contribution in [1.29, 1.82) is 0 Å². The molecule has 1 fully saturated rings. The van der Waals surface area contributed by atoms with E-state index in [9.17, 15) is 4.79 Å². The number of carbonyl (C=O) groups is 1. The molecule has 1 aromatic rings. The van der Waals surface area contributed by atoms with Gasteiger partial charge in [0.15, 0.2) is 5.96 Å². The highest BCUT2D eigenvalue weighted by molar-refractivity contribution is 5.92. The molecule has 1 aliphatic heterocycles. The number of hydrogen-bond acceptors (Lipinski definition) is 4. The summed E-state index contributed by atoms with van der Waals surface area (Å²) in [5.41, 5.74) is 1.88. The van der Waals surface area contributed by atoms with E-state index >= 15 is 0 Å². The number of anilines is 1. The quantitative estimate of drug-likeness (QED) is 0.311. The summed E-state index contributed by atoms with van der Waals surface area (Å²) in [5.74, 6) is 0.824. The van der Waals surface area contributed by atoms with E-state index in [4.69, 9.17) is 4.99 Å². The number of hydrogen-bond donors (Lipinski definition) is 3. The van der Waals surface area contributed by atoms with E-state index in [1.165, 1.54) is 25.8 Å². The summed E-state index contributed by atoms with van der Waals surface area (Å²) in [6, 6.07) is 8.60. The second-order valence-corrected chi connectivity index (χ2v) is 8.34. The number of amides is 1. The first-order valence-corrected chi connectivity index (χ1v) is 11.3. The molecule has 1 amide bonds. The van der Waals surface area contributed by atoms with E-state index in [-0.39, 0.29) is 5.91 Å². The molecule has 2 rings (SSSR count). The van der Waals surface area contributed by atoms with E-state index in [2.05, 4.69) is 34.7 Å². The zero-order valence-electron chi connectivity index (χ0n) is 19.2. The van der Waals surface area contributed by atoms with Crippen LogP contribution in [-0.2, 0) is 11.3 Å². The molecule has 0 radical (unpaired) electrons. The molecule has 0 saturated carbocycles. The normalized spacial score (nSPS) is 17.8. The fourth-order valence-corrected chi connectivity index (χ4v) is 3.73. The lowest BCUT2D eigenvalue weighted by molar-refractivity contribution is -0.116. The minimum Gasteiger partial charge on any atom is -0.357 e. The molecule has 7 heteroatoms. The van der Waals surface area contributed by atoms with Crippen molar-refractivity contribution in [2.24, 2.45) is 4.99 Å². The van der Waals surface area contributed by atoms with E-state index in [1.807, 2.05) is 43.3 Å². The van der Waals surface area contributed by atoms with Crippen molar-refractivity contribution in [3.05, 3.63) is 29.8 Å². The first kappa shape index (κ1) is 24.2. The highest BCUT2D eigenvalue weighted by Crippen LogP contribution is 2.16. The van der Waals surface area contributed by atoms with Crippen LogP contribution in [0.5, 0.6) is 0 Å². The molecule has 0 spiro atoms. The molecule has 0 bridgehead atoms. The van der Waals surface area contributed by atoms with Gasteiger partial charge in [-0.3, -0.25) is 4.79 Å². The number of nitrogens with zero attached hydrogens (tertiary/aromatic N) is 3. The van der Waals surface area contributed by atoms with E-state index in [0.717, 1.165) is 43.3 Å². The van der Waals surface area contributed by atoms with Gasteiger partial charge in [-0.25, -0.2) is 4.99 Å². The Morgan fingerprint density at radius 3 is 2.83 bits per heavy atom. The average molecular weight is 417 g/mol. The topological polar surface area (TPSA) is 72.0 Å². The fourth-order valence-electron chi connectivity index (χ4n) is 3.73. The van der Waals surface area contributed by atoms with Gasteiger partial charge < -0.3 is 25.8 Å². The minimum absolute atomic E-state index is 0.0151. The van der Waals surface area contributed by atoms with Crippen molar-refractivity contribution in [1.82, 2.24) is 20.4 Å². The number of benzene rings is 1. The van der Waals surface area contributed by atoms with E-state index < -0.39 is 0 Å². The lowest BCUT2D eigenvalue weighted by Crippen LogP contribution is -2.41. The summed E-state index contributed by atoms with van der Waals surface area (Å²) in [6.45, 7) is 9.47. The largest absolute Gasteiger partial charge is 0.357 e. The molecule has 30 heavy (non-hydrogen) atoms. The molecule has 1 atom stereocenters. The molecule has 1 heterocycles. The van der Waals surface area contributed by atoms with Gasteiger partial charge in [-0.1, -0.05) is 18.6 Å². The summed E-state index contributed by atoms with van der Waals surface area (Å²) in [7, 11) is 3.76. The first-order chi connectivity index (χ1) is 14.5. The van der Waals surface area contributed by atoms with Crippen molar-refractivity contribution < 1.29 is 4.79 Å². The summed E-state index contributed by atoms with van der Waals surface area (Å²) < 4.78 is 0. The summed E-state index contributed by atoms with van der Waals surface area (Å²) >= 11 is 0. The number of likely N-dealkylation sites (N-methyl/N-ethyl adjacent to an activating group) is 1. The number of rotatable bonds is 10. The van der Waals surface area contributed by atoms with Crippen LogP contribution in [0.4, 0.5) is 5.69 Å². The van der Waals surface area contributed by atoms with Gasteiger partial charge in [0.25, 0.3) is 0 Å². The predicted octanol–water partition coefficient (Wildman–Crippen LogP) is 2.51. The number of guanidine groups is 1. The van der Waals surface area contributed by atoms with Gasteiger partial charge in [0.2, 0.25) is 5.91 Å². The van der Waals surface area contributed by atoms with Gasteiger partial charge in [-0.15, -0.1) is 0 Å². The minimum atomic E-state index is -0.0151. The van der Waals surface area contributed by atoms with E-state index in [0.29, 0.717) is 19.1 Å². The smallest absolute Gasteiger partial charge is 0.238 e. The predicted molar refractivity (Wildman–Crippen MR) is 126 cm³/mol. The fraction of sp³-hybridized carbons (Fsp3) is 0.652. The van der Waals surface area contributed by atoms with Crippen molar-refractivity contribution in [3.63, 3.8) is 0 Å². The number of aliphatic imine (C=N–C) groups is 1. The Kier molecular flexibility index (Phi) is 10.7. The molecule has 1 aromatic carbocycles. The third kappa shape index (κ3) is 9.13. The zero-order chi connectivity index (χ0) is 21.8. The monoisotopic (exact) mass is 416 g/mol. The van der Waals surface area contributed by atoms with Gasteiger partial charge in [-0.05, 0) is 71.4 Å². The van der Waals surface area contributed by atoms with E-state index in [1.54, 1.807) is 0 Å². The van der Waals surface area contributed by atoms with Crippen LogP contribution in [0, 0.1) is 0 Å². The van der Waals surface area contributed by atoms with Crippen LogP contribution in [0.1, 0.15) is 45.1 Å². The molecule has 1 unspecified atom stereocenters. The number of likely N-dealkylation sites (tertiary alicyclic amines) is 1. The highest BCUT2D eigenvalue weighted by atomic mass is 16.2. The van der Waals surface area contributed by atoms with Crippen LogP contribution in [0.3, 0.4) is 0 Å².